The van der Waals surface area contributed by atoms with E-state index in [0.29, 0.717) is 19.6 Å². The summed E-state index contributed by atoms with van der Waals surface area (Å²) >= 11 is 0. The zero-order chi connectivity index (χ0) is 22.2. The Morgan fingerprint density at radius 2 is 1.56 bits per heavy atom. The van der Waals surface area contributed by atoms with Crippen LogP contribution >= 0.6 is 0 Å². The van der Waals surface area contributed by atoms with Gasteiger partial charge in [-0.3, -0.25) is 9.69 Å². The third kappa shape index (κ3) is 6.10. The van der Waals surface area contributed by atoms with Gasteiger partial charge in [0, 0.05) is 31.9 Å². The molecule has 0 radical (unpaired) electrons. The lowest BCUT2D eigenvalue weighted by molar-refractivity contribution is -0.126. The lowest BCUT2D eigenvalue weighted by atomic mass is 9.97. The van der Waals surface area contributed by atoms with Crippen LogP contribution in [0.3, 0.4) is 0 Å². The van der Waals surface area contributed by atoms with Crippen molar-refractivity contribution in [3.05, 3.63) is 65.7 Å². The highest BCUT2D eigenvalue weighted by Crippen LogP contribution is 2.20. The monoisotopic (exact) mass is 434 g/mol. The summed E-state index contributed by atoms with van der Waals surface area (Å²) in [4.78, 5) is 29.8. The average molecular weight is 435 g/mol. The minimum atomic E-state index is -0.167. The number of rotatable bonds is 6. The molecule has 2 N–H and O–H groups in total. The summed E-state index contributed by atoms with van der Waals surface area (Å²) in [6.45, 7) is 4.94. The number of hydrogen-bond donors (Lipinski definition) is 2. The third-order valence-electron chi connectivity index (χ3n) is 6.52. The van der Waals surface area contributed by atoms with Gasteiger partial charge in [0.25, 0.3) is 0 Å². The van der Waals surface area contributed by atoms with Crippen LogP contribution in [-0.2, 0) is 17.9 Å². The van der Waals surface area contributed by atoms with Crippen LogP contribution in [0.4, 0.5) is 10.5 Å². The van der Waals surface area contributed by atoms with E-state index in [2.05, 4.69) is 33.7 Å². The van der Waals surface area contributed by atoms with Gasteiger partial charge in [0.15, 0.2) is 0 Å². The molecule has 0 aliphatic carbocycles. The molecule has 1 atom stereocenters. The van der Waals surface area contributed by atoms with Gasteiger partial charge < -0.3 is 15.5 Å². The van der Waals surface area contributed by atoms with E-state index in [4.69, 9.17) is 0 Å². The lowest BCUT2D eigenvalue weighted by Gasteiger charge is -2.32. The highest BCUT2D eigenvalue weighted by atomic mass is 16.2. The minimum absolute atomic E-state index is 0.0370. The summed E-state index contributed by atoms with van der Waals surface area (Å²) < 4.78 is 0. The topological polar surface area (TPSA) is 64.7 Å². The van der Waals surface area contributed by atoms with Crippen molar-refractivity contribution in [2.24, 2.45) is 5.92 Å². The first-order chi connectivity index (χ1) is 15.7. The summed E-state index contributed by atoms with van der Waals surface area (Å²) in [5, 5.41) is 6.07. The van der Waals surface area contributed by atoms with Crippen LogP contribution < -0.4 is 10.6 Å². The van der Waals surface area contributed by atoms with Crippen LogP contribution in [0.5, 0.6) is 0 Å². The molecule has 4 rings (SSSR count). The smallest absolute Gasteiger partial charge is 0.321 e. The number of carbonyl (C=O) groups is 2. The van der Waals surface area contributed by atoms with Gasteiger partial charge in [-0.25, -0.2) is 4.79 Å². The quantitative estimate of drug-likeness (QED) is 0.715. The molecular weight excluding hydrogens is 400 g/mol. The van der Waals surface area contributed by atoms with Crippen LogP contribution in [-0.4, -0.2) is 47.9 Å². The zero-order valence-electron chi connectivity index (χ0n) is 18.8. The molecule has 2 aromatic carbocycles. The Balaban J connectivity index is 1.30. The lowest BCUT2D eigenvalue weighted by Crippen LogP contribution is -2.46. The maximum absolute atomic E-state index is 12.9. The van der Waals surface area contributed by atoms with Gasteiger partial charge in [-0.1, -0.05) is 48.9 Å². The number of nitrogens with one attached hydrogen (secondary N) is 2. The van der Waals surface area contributed by atoms with Crippen molar-refractivity contribution in [1.29, 1.82) is 0 Å². The van der Waals surface area contributed by atoms with E-state index in [1.165, 1.54) is 30.4 Å². The van der Waals surface area contributed by atoms with Crippen molar-refractivity contribution in [2.75, 3.05) is 31.5 Å². The molecule has 6 nitrogen and oxygen atoms in total. The SMILES string of the molecule is O=C(NCc1ccccc1CN1CCCCC1)[C@H]1CCCN(C(=O)Nc2ccccc2)C1. The molecule has 0 bridgehead atoms. The third-order valence-corrected chi connectivity index (χ3v) is 6.52. The molecule has 2 fully saturated rings. The van der Waals surface area contributed by atoms with E-state index in [0.717, 1.165) is 38.2 Å². The van der Waals surface area contributed by atoms with Gasteiger partial charge in [0.1, 0.15) is 0 Å². The molecule has 0 spiro atoms. The first-order valence-corrected chi connectivity index (χ1v) is 11.9. The largest absolute Gasteiger partial charge is 0.352 e. The predicted molar refractivity (Wildman–Crippen MR) is 127 cm³/mol. The summed E-state index contributed by atoms with van der Waals surface area (Å²) in [5.74, 6) is -0.130. The maximum atomic E-state index is 12.9. The van der Waals surface area contributed by atoms with Gasteiger partial charge in [0.2, 0.25) is 5.91 Å². The molecule has 2 aromatic rings. The molecule has 0 unspecified atom stereocenters. The van der Waals surface area contributed by atoms with E-state index in [1.54, 1.807) is 4.90 Å². The summed E-state index contributed by atoms with van der Waals surface area (Å²) in [6.07, 6.45) is 5.53. The number of amides is 3. The molecule has 2 aliphatic rings. The van der Waals surface area contributed by atoms with Crippen LogP contribution in [0.2, 0.25) is 0 Å². The fourth-order valence-electron chi connectivity index (χ4n) is 4.67. The van der Waals surface area contributed by atoms with Gasteiger partial charge in [-0.2, -0.15) is 0 Å². The molecule has 2 heterocycles. The normalized spacial score (nSPS) is 19.4. The van der Waals surface area contributed by atoms with Crippen LogP contribution in [0.25, 0.3) is 0 Å². The molecule has 0 saturated carbocycles. The minimum Gasteiger partial charge on any atom is -0.352 e. The summed E-state index contributed by atoms with van der Waals surface area (Å²) in [7, 11) is 0. The fourth-order valence-corrected chi connectivity index (χ4v) is 4.67. The number of hydrogen-bond acceptors (Lipinski definition) is 3. The molecule has 170 valence electrons. The number of anilines is 1. The Hall–Kier alpha value is -2.86. The van der Waals surface area contributed by atoms with Crippen LogP contribution in [0.15, 0.2) is 54.6 Å². The Morgan fingerprint density at radius 3 is 2.34 bits per heavy atom. The predicted octanol–water partition coefficient (Wildman–Crippen LogP) is 4.23. The van der Waals surface area contributed by atoms with Crippen molar-refractivity contribution >= 4 is 17.6 Å². The summed E-state index contributed by atoms with van der Waals surface area (Å²) in [5.41, 5.74) is 3.25. The van der Waals surface area contributed by atoms with E-state index in [-0.39, 0.29) is 17.9 Å². The number of carbonyl (C=O) groups excluding carboxylic acids is 2. The second-order valence-electron chi connectivity index (χ2n) is 8.90. The van der Waals surface area contributed by atoms with Crippen molar-refractivity contribution in [1.82, 2.24) is 15.1 Å². The van der Waals surface area contributed by atoms with E-state index >= 15 is 0 Å². The highest BCUT2D eigenvalue weighted by molar-refractivity contribution is 5.90. The Morgan fingerprint density at radius 1 is 0.844 bits per heavy atom. The molecule has 32 heavy (non-hydrogen) atoms. The van der Waals surface area contributed by atoms with Crippen molar-refractivity contribution in [2.45, 2.75) is 45.2 Å². The Labute approximate surface area is 191 Å². The fraction of sp³-hybridized carbons (Fsp3) is 0.462. The summed E-state index contributed by atoms with van der Waals surface area (Å²) in [6, 6.07) is 17.7. The van der Waals surface area contributed by atoms with Gasteiger partial charge in [-0.15, -0.1) is 0 Å². The number of urea groups is 1. The second-order valence-corrected chi connectivity index (χ2v) is 8.90. The van der Waals surface area contributed by atoms with E-state index < -0.39 is 0 Å². The van der Waals surface area contributed by atoms with E-state index in [9.17, 15) is 9.59 Å². The number of para-hydroxylation sites is 1. The van der Waals surface area contributed by atoms with Gasteiger partial charge in [0.05, 0.1) is 5.92 Å². The van der Waals surface area contributed by atoms with Crippen LogP contribution in [0, 0.1) is 5.92 Å². The second kappa shape index (κ2) is 11.1. The molecule has 0 aromatic heterocycles. The van der Waals surface area contributed by atoms with E-state index in [1.807, 2.05) is 36.4 Å². The van der Waals surface area contributed by atoms with Gasteiger partial charge >= 0.3 is 6.03 Å². The Bertz CT molecular complexity index is 896. The van der Waals surface area contributed by atoms with Gasteiger partial charge in [-0.05, 0) is 62.0 Å². The first kappa shape index (κ1) is 22.3. The molecule has 6 heteroatoms. The maximum Gasteiger partial charge on any atom is 0.321 e. The molecule has 2 saturated heterocycles. The molecular formula is C26H34N4O2. The number of nitrogens with zero attached hydrogens (tertiary/aromatic N) is 2. The number of piperidine rings is 2. The van der Waals surface area contributed by atoms with Crippen molar-refractivity contribution in [3.8, 4) is 0 Å². The van der Waals surface area contributed by atoms with Crippen LogP contribution in [0.1, 0.15) is 43.2 Å². The highest BCUT2D eigenvalue weighted by Gasteiger charge is 2.28. The van der Waals surface area contributed by atoms with Crippen molar-refractivity contribution in [3.63, 3.8) is 0 Å². The van der Waals surface area contributed by atoms with Crippen molar-refractivity contribution < 1.29 is 9.59 Å². The Kier molecular flexibility index (Phi) is 7.77. The molecule has 2 aliphatic heterocycles. The number of likely N-dealkylation sites (tertiary alicyclic amines) is 2. The standard InChI is InChI=1S/C26H34N4O2/c31-25(23-12-9-17-30(20-23)26(32)28-24-13-3-1-4-14-24)27-18-21-10-5-6-11-22(21)19-29-15-7-2-8-16-29/h1,3-6,10-11,13-14,23H,2,7-9,12,15-20H2,(H,27,31)(H,28,32)/t23-/m0/s1. The average Bonchev–Trinajstić information content (AvgIpc) is 2.84. The molecule has 3 amide bonds. The number of benzene rings is 2. The zero-order valence-corrected chi connectivity index (χ0v) is 18.8. The first-order valence-electron chi connectivity index (χ1n) is 11.9.